The molecule has 6 heteroatoms. The highest BCUT2D eigenvalue weighted by Crippen LogP contribution is 2.28. The molecule has 2 aromatic rings. The van der Waals surface area contributed by atoms with Crippen molar-refractivity contribution in [2.75, 3.05) is 19.6 Å². The maximum atomic E-state index is 12.1. The summed E-state index contributed by atoms with van der Waals surface area (Å²) in [4.78, 5) is 18.5. The van der Waals surface area contributed by atoms with Gasteiger partial charge in [-0.1, -0.05) is 0 Å². The molecule has 0 saturated carbocycles. The third kappa shape index (κ3) is 3.07. The number of aromatic nitrogens is 1. The van der Waals surface area contributed by atoms with Crippen molar-refractivity contribution < 1.29 is 13.9 Å². The molecule has 5 heterocycles. The van der Waals surface area contributed by atoms with Crippen LogP contribution in [0.4, 0.5) is 4.79 Å². The zero-order valence-electron chi connectivity index (χ0n) is 12.8. The van der Waals surface area contributed by atoms with Crippen LogP contribution in [-0.4, -0.2) is 41.7 Å². The predicted molar refractivity (Wildman–Crippen MR) is 84.1 cm³/mol. The molecule has 2 bridgehead atoms. The maximum absolute atomic E-state index is 12.1. The summed E-state index contributed by atoms with van der Waals surface area (Å²) in [7, 11) is 0. The number of rotatable bonds is 3. The molecule has 1 unspecified atom stereocenters. The average molecular weight is 313 g/mol. The van der Waals surface area contributed by atoms with Gasteiger partial charge in [0.25, 0.3) is 5.95 Å². The molecule has 0 aliphatic carbocycles. The first-order valence-corrected chi connectivity index (χ1v) is 7.99. The highest BCUT2D eigenvalue weighted by atomic mass is 16.6. The smallest absolute Gasteiger partial charge is 0.415 e. The number of fused-ring (bicyclic) bond motifs is 3. The van der Waals surface area contributed by atoms with E-state index in [0.29, 0.717) is 11.7 Å². The van der Waals surface area contributed by atoms with Crippen molar-refractivity contribution in [1.29, 1.82) is 0 Å². The molecule has 1 amide bonds. The van der Waals surface area contributed by atoms with Crippen molar-refractivity contribution in [3.63, 3.8) is 0 Å². The van der Waals surface area contributed by atoms with Gasteiger partial charge < -0.3 is 19.4 Å². The normalized spacial score (nSPS) is 26.0. The van der Waals surface area contributed by atoms with Gasteiger partial charge >= 0.3 is 6.09 Å². The second-order valence-corrected chi connectivity index (χ2v) is 6.14. The standard InChI is InChI=1S/C17H19N3O3/c21-17(19-14-11-20-8-5-12(14)6-9-20)23-16-4-3-15(22-16)13-2-1-7-18-10-13/h1-4,7,10,12,14H,5-6,8-9,11H2,(H,19,21). The molecule has 120 valence electrons. The van der Waals surface area contributed by atoms with Gasteiger partial charge in [0.05, 0.1) is 0 Å². The van der Waals surface area contributed by atoms with Crippen LogP contribution in [0.1, 0.15) is 12.8 Å². The SMILES string of the molecule is O=C(NC1CN2CCC1CC2)Oc1ccc(-c2cccnc2)o1. The number of pyridine rings is 1. The Morgan fingerprint density at radius 3 is 2.87 bits per heavy atom. The molecular weight excluding hydrogens is 294 g/mol. The number of furan rings is 1. The van der Waals surface area contributed by atoms with Gasteiger partial charge in [-0.05, 0) is 50.0 Å². The van der Waals surface area contributed by atoms with Gasteiger partial charge in [0.15, 0.2) is 0 Å². The topological polar surface area (TPSA) is 67.6 Å². The van der Waals surface area contributed by atoms with Crippen LogP contribution in [0.25, 0.3) is 11.3 Å². The Morgan fingerprint density at radius 2 is 2.17 bits per heavy atom. The van der Waals surface area contributed by atoms with Gasteiger partial charge in [0, 0.05) is 36.6 Å². The molecule has 3 aliphatic heterocycles. The van der Waals surface area contributed by atoms with Gasteiger partial charge in [0.2, 0.25) is 0 Å². The number of hydrogen-bond acceptors (Lipinski definition) is 5. The molecule has 0 radical (unpaired) electrons. The van der Waals surface area contributed by atoms with E-state index in [4.69, 9.17) is 9.15 Å². The monoisotopic (exact) mass is 313 g/mol. The molecule has 23 heavy (non-hydrogen) atoms. The highest BCUT2D eigenvalue weighted by molar-refractivity contribution is 5.70. The van der Waals surface area contributed by atoms with Crippen molar-refractivity contribution in [3.05, 3.63) is 36.7 Å². The second-order valence-electron chi connectivity index (χ2n) is 6.14. The fraction of sp³-hybridized carbons (Fsp3) is 0.412. The van der Waals surface area contributed by atoms with E-state index in [1.165, 1.54) is 0 Å². The summed E-state index contributed by atoms with van der Waals surface area (Å²) in [5.74, 6) is 1.39. The van der Waals surface area contributed by atoms with Gasteiger partial charge in [-0.25, -0.2) is 4.79 Å². The Morgan fingerprint density at radius 1 is 1.30 bits per heavy atom. The Hall–Kier alpha value is -2.34. The van der Waals surface area contributed by atoms with Crippen molar-refractivity contribution in [2.24, 2.45) is 5.92 Å². The van der Waals surface area contributed by atoms with Crippen LogP contribution in [0.15, 0.2) is 41.1 Å². The van der Waals surface area contributed by atoms with Crippen molar-refractivity contribution >= 4 is 6.09 Å². The van der Waals surface area contributed by atoms with Gasteiger partial charge in [-0.3, -0.25) is 4.98 Å². The molecule has 6 nitrogen and oxygen atoms in total. The predicted octanol–water partition coefficient (Wildman–Crippen LogP) is 2.52. The van der Waals surface area contributed by atoms with E-state index in [1.807, 2.05) is 12.1 Å². The fourth-order valence-corrected chi connectivity index (χ4v) is 3.44. The third-order valence-corrected chi connectivity index (χ3v) is 4.68. The summed E-state index contributed by atoms with van der Waals surface area (Å²) < 4.78 is 10.8. The lowest BCUT2D eigenvalue weighted by molar-refractivity contribution is 0.0715. The maximum Gasteiger partial charge on any atom is 0.415 e. The Labute approximate surface area is 134 Å². The van der Waals surface area contributed by atoms with Gasteiger partial charge in [0.1, 0.15) is 5.76 Å². The third-order valence-electron chi connectivity index (χ3n) is 4.68. The minimum Gasteiger partial charge on any atom is -0.425 e. The number of hydrogen-bond donors (Lipinski definition) is 1. The summed E-state index contributed by atoms with van der Waals surface area (Å²) in [5, 5.41) is 2.97. The highest BCUT2D eigenvalue weighted by Gasteiger charge is 2.35. The molecule has 0 spiro atoms. The van der Waals surface area contributed by atoms with Crippen LogP contribution in [0, 0.1) is 5.92 Å². The minimum atomic E-state index is -0.448. The lowest BCUT2D eigenvalue weighted by atomic mass is 9.84. The van der Waals surface area contributed by atoms with E-state index < -0.39 is 6.09 Å². The number of amides is 1. The number of nitrogens with zero attached hydrogens (tertiary/aromatic N) is 2. The van der Waals surface area contributed by atoms with Crippen LogP contribution in [-0.2, 0) is 0 Å². The lowest BCUT2D eigenvalue weighted by Gasteiger charge is -2.44. The molecule has 3 fully saturated rings. The summed E-state index contributed by atoms with van der Waals surface area (Å²) in [6.45, 7) is 3.20. The molecular formula is C17H19N3O3. The summed E-state index contributed by atoms with van der Waals surface area (Å²) in [5.41, 5.74) is 0.847. The number of carbonyl (C=O) groups excluding carboxylic acids is 1. The quantitative estimate of drug-likeness (QED) is 0.943. The van der Waals surface area contributed by atoms with E-state index >= 15 is 0 Å². The van der Waals surface area contributed by atoms with Crippen LogP contribution < -0.4 is 10.1 Å². The molecule has 1 N–H and O–H groups in total. The first kappa shape index (κ1) is 14.3. The van der Waals surface area contributed by atoms with Gasteiger partial charge in [-0.15, -0.1) is 0 Å². The molecule has 2 aromatic heterocycles. The first-order chi connectivity index (χ1) is 11.3. The molecule has 3 saturated heterocycles. The van der Waals surface area contributed by atoms with Crippen LogP contribution in [0.2, 0.25) is 0 Å². The number of nitrogens with one attached hydrogen (secondary N) is 1. The Bertz CT molecular complexity index is 677. The van der Waals surface area contributed by atoms with Crippen LogP contribution in [0.3, 0.4) is 0 Å². The van der Waals surface area contributed by atoms with Crippen LogP contribution in [0.5, 0.6) is 5.95 Å². The fourth-order valence-electron chi connectivity index (χ4n) is 3.44. The zero-order chi connectivity index (χ0) is 15.6. The second kappa shape index (κ2) is 6.04. The summed E-state index contributed by atoms with van der Waals surface area (Å²) in [6.07, 6.45) is 5.25. The van der Waals surface area contributed by atoms with Crippen LogP contribution >= 0.6 is 0 Å². The molecule has 3 aliphatic rings. The number of ether oxygens (including phenoxy) is 1. The van der Waals surface area contributed by atoms with E-state index in [1.54, 1.807) is 24.5 Å². The first-order valence-electron chi connectivity index (χ1n) is 7.99. The molecule has 5 rings (SSSR count). The number of piperidine rings is 3. The Balaban J connectivity index is 1.37. The lowest BCUT2D eigenvalue weighted by Crippen LogP contribution is -2.57. The summed E-state index contributed by atoms with van der Waals surface area (Å²) in [6, 6.07) is 7.33. The largest absolute Gasteiger partial charge is 0.425 e. The molecule has 1 atom stereocenters. The van der Waals surface area contributed by atoms with Crippen molar-refractivity contribution in [3.8, 4) is 17.3 Å². The van der Waals surface area contributed by atoms with E-state index in [-0.39, 0.29) is 12.0 Å². The van der Waals surface area contributed by atoms with E-state index in [0.717, 1.165) is 38.0 Å². The number of carbonyl (C=O) groups is 1. The van der Waals surface area contributed by atoms with Crippen molar-refractivity contribution in [1.82, 2.24) is 15.2 Å². The minimum absolute atomic E-state index is 0.178. The average Bonchev–Trinajstić information content (AvgIpc) is 3.05. The van der Waals surface area contributed by atoms with Gasteiger partial charge in [-0.2, -0.15) is 0 Å². The zero-order valence-corrected chi connectivity index (χ0v) is 12.8. The van der Waals surface area contributed by atoms with Crippen molar-refractivity contribution in [2.45, 2.75) is 18.9 Å². The van der Waals surface area contributed by atoms with E-state index in [2.05, 4.69) is 15.2 Å². The Kier molecular flexibility index (Phi) is 3.75. The summed E-state index contributed by atoms with van der Waals surface area (Å²) >= 11 is 0. The van der Waals surface area contributed by atoms with E-state index in [9.17, 15) is 4.79 Å². The molecule has 0 aromatic carbocycles.